The quantitative estimate of drug-likeness (QED) is 0.806. The number of alkyl carbamates (subject to hydrolysis) is 1. The second-order valence-corrected chi connectivity index (χ2v) is 4.53. The van der Waals surface area contributed by atoms with Gasteiger partial charge in [-0.25, -0.2) is 9.18 Å². The van der Waals surface area contributed by atoms with E-state index >= 15 is 0 Å². The Hall–Kier alpha value is -1.33. The highest BCUT2D eigenvalue weighted by molar-refractivity contribution is 5.86. The van der Waals surface area contributed by atoms with Crippen LogP contribution >= 0.6 is 0 Å². The minimum atomic E-state index is -0.954. The third-order valence-corrected chi connectivity index (χ3v) is 2.83. The summed E-state index contributed by atoms with van der Waals surface area (Å²) in [5.41, 5.74) is 0. The molecular formula is C11H19FN2O3. The van der Waals surface area contributed by atoms with E-state index in [9.17, 15) is 14.0 Å². The summed E-state index contributed by atoms with van der Waals surface area (Å²) in [6.07, 6.45) is -1.23. The molecule has 98 valence electrons. The van der Waals surface area contributed by atoms with Gasteiger partial charge in [-0.15, -0.1) is 0 Å². The molecular weight excluding hydrogens is 227 g/mol. The highest BCUT2D eigenvalue weighted by Gasteiger charge is 2.33. The molecule has 0 saturated carbocycles. The van der Waals surface area contributed by atoms with Crippen LogP contribution in [0.4, 0.5) is 9.18 Å². The van der Waals surface area contributed by atoms with Gasteiger partial charge in [-0.05, 0) is 12.3 Å². The third-order valence-electron chi connectivity index (χ3n) is 2.83. The number of alkyl halides is 1. The van der Waals surface area contributed by atoms with Gasteiger partial charge >= 0.3 is 6.09 Å². The number of nitrogens with zero attached hydrogens (tertiary/aromatic N) is 1. The number of hydrogen-bond acceptors (Lipinski definition) is 3. The van der Waals surface area contributed by atoms with Crippen molar-refractivity contribution in [3.63, 3.8) is 0 Å². The molecule has 1 saturated heterocycles. The van der Waals surface area contributed by atoms with E-state index in [1.54, 1.807) is 0 Å². The largest absolute Gasteiger partial charge is 0.453 e. The second-order valence-electron chi connectivity index (χ2n) is 4.53. The summed E-state index contributed by atoms with van der Waals surface area (Å²) >= 11 is 0. The van der Waals surface area contributed by atoms with E-state index in [0.717, 1.165) is 0 Å². The van der Waals surface area contributed by atoms with Crippen molar-refractivity contribution in [1.29, 1.82) is 0 Å². The molecule has 1 aliphatic rings. The van der Waals surface area contributed by atoms with Crippen molar-refractivity contribution in [2.24, 2.45) is 5.92 Å². The van der Waals surface area contributed by atoms with Crippen molar-refractivity contribution in [3.05, 3.63) is 0 Å². The van der Waals surface area contributed by atoms with Gasteiger partial charge in [0, 0.05) is 6.54 Å². The molecule has 0 aliphatic carbocycles. The van der Waals surface area contributed by atoms with Crippen molar-refractivity contribution >= 4 is 12.0 Å². The van der Waals surface area contributed by atoms with E-state index in [4.69, 9.17) is 0 Å². The maximum atomic E-state index is 13.0. The van der Waals surface area contributed by atoms with Gasteiger partial charge in [0.2, 0.25) is 5.91 Å². The van der Waals surface area contributed by atoms with E-state index in [1.807, 2.05) is 13.8 Å². The number of carbonyl (C=O) groups is 2. The van der Waals surface area contributed by atoms with Crippen LogP contribution in [-0.2, 0) is 9.53 Å². The predicted molar refractivity (Wildman–Crippen MR) is 60.3 cm³/mol. The molecule has 1 fully saturated rings. The zero-order chi connectivity index (χ0) is 13.0. The summed E-state index contributed by atoms with van der Waals surface area (Å²) in [6, 6.07) is -0.659. The molecule has 1 heterocycles. The summed E-state index contributed by atoms with van der Waals surface area (Å²) in [5.74, 6) is -0.314. The lowest BCUT2D eigenvalue weighted by atomic mass is 10.0. The average Bonchev–Trinajstić information content (AvgIpc) is 2.71. The van der Waals surface area contributed by atoms with Gasteiger partial charge in [0.1, 0.15) is 12.2 Å². The fraction of sp³-hybridized carbons (Fsp3) is 0.818. The second kappa shape index (κ2) is 5.84. The summed E-state index contributed by atoms with van der Waals surface area (Å²) in [4.78, 5) is 24.7. The van der Waals surface area contributed by atoms with Gasteiger partial charge in [0.25, 0.3) is 0 Å². The number of rotatable bonds is 3. The Morgan fingerprint density at radius 1 is 1.47 bits per heavy atom. The summed E-state index contributed by atoms with van der Waals surface area (Å²) in [5, 5.41) is 2.48. The van der Waals surface area contributed by atoms with Gasteiger partial charge < -0.3 is 15.0 Å². The van der Waals surface area contributed by atoms with Crippen molar-refractivity contribution in [2.75, 3.05) is 20.2 Å². The topological polar surface area (TPSA) is 58.6 Å². The van der Waals surface area contributed by atoms with Crippen molar-refractivity contribution < 1.29 is 18.7 Å². The number of ether oxygens (including phenoxy) is 1. The zero-order valence-corrected chi connectivity index (χ0v) is 10.4. The Morgan fingerprint density at radius 2 is 2.12 bits per heavy atom. The van der Waals surface area contributed by atoms with Crippen LogP contribution in [0.15, 0.2) is 0 Å². The molecule has 0 spiro atoms. The van der Waals surface area contributed by atoms with E-state index < -0.39 is 18.3 Å². The molecule has 0 aromatic rings. The Bertz CT molecular complexity index is 296. The molecule has 2 amide bonds. The SMILES string of the molecule is COC(=O)NC(C(=O)N1CC[C@@H](F)C1)C(C)C. The first-order valence-electron chi connectivity index (χ1n) is 5.73. The van der Waals surface area contributed by atoms with Crippen LogP contribution in [0.2, 0.25) is 0 Å². The number of methoxy groups -OCH3 is 1. The highest BCUT2D eigenvalue weighted by atomic mass is 19.1. The summed E-state index contributed by atoms with van der Waals surface area (Å²) < 4.78 is 17.5. The molecule has 1 N–H and O–H groups in total. The minimum Gasteiger partial charge on any atom is -0.453 e. The summed E-state index contributed by atoms with van der Waals surface area (Å²) in [6.45, 7) is 4.17. The minimum absolute atomic E-state index is 0.0692. The molecule has 0 aromatic carbocycles. The van der Waals surface area contributed by atoms with Crippen LogP contribution in [0.5, 0.6) is 0 Å². The third kappa shape index (κ3) is 3.57. The number of amides is 2. The van der Waals surface area contributed by atoms with E-state index in [1.165, 1.54) is 12.0 Å². The van der Waals surface area contributed by atoms with E-state index in [2.05, 4.69) is 10.1 Å². The van der Waals surface area contributed by atoms with E-state index in [-0.39, 0.29) is 18.4 Å². The Labute approximate surface area is 100 Å². The molecule has 0 aromatic heterocycles. The number of nitrogens with one attached hydrogen (secondary N) is 1. The van der Waals surface area contributed by atoms with Gasteiger partial charge in [-0.3, -0.25) is 4.79 Å². The first-order valence-corrected chi connectivity index (χ1v) is 5.73. The monoisotopic (exact) mass is 246 g/mol. The maximum Gasteiger partial charge on any atom is 0.407 e. The Balaban J connectivity index is 2.63. The fourth-order valence-electron chi connectivity index (χ4n) is 1.81. The van der Waals surface area contributed by atoms with Crippen molar-refractivity contribution in [1.82, 2.24) is 10.2 Å². The molecule has 2 atom stereocenters. The smallest absolute Gasteiger partial charge is 0.407 e. The Morgan fingerprint density at radius 3 is 2.53 bits per heavy atom. The summed E-state index contributed by atoms with van der Waals surface area (Å²) in [7, 11) is 1.24. The van der Waals surface area contributed by atoms with Crippen LogP contribution in [0.25, 0.3) is 0 Å². The number of carbonyl (C=O) groups excluding carboxylic acids is 2. The highest BCUT2D eigenvalue weighted by Crippen LogP contribution is 2.15. The van der Waals surface area contributed by atoms with Gasteiger partial charge in [0.05, 0.1) is 13.7 Å². The zero-order valence-electron chi connectivity index (χ0n) is 10.4. The van der Waals surface area contributed by atoms with Gasteiger partial charge in [-0.1, -0.05) is 13.8 Å². The van der Waals surface area contributed by atoms with Crippen LogP contribution in [0.3, 0.4) is 0 Å². The van der Waals surface area contributed by atoms with Crippen LogP contribution in [-0.4, -0.2) is 49.3 Å². The fourth-order valence-corrected chi connectivity index (χ4v) is 1.81. The number of likely N-dealkylation sites (tertiary alicyclic amines) is 1. The lowest BCUT2D eigenvalue weighted by Gasteiger charge is -2.26. The number of hydrogen-bond donors (Lipinski definition) is 1. The molecule has 0 bridgehead atoms. The maximum absolute atomic E-state index is 13.0. The molecule has 5 nitrogen and oxygen atoms in total. The Kier molecular flexibility index (Phi) is 4.72. The number of halogens is 1. The van der Waals surface area contributed by atoms with Crippen LogP contribution in [0, 0.1) is 5.92 Å². The van der Waals surface area contributed by atoms with Crippen LogP contribution in [0.1, 0.15) is 20.3 Å². The average molecular weight is 246 g/mol. The molecule has 6 heteroatoms. The van der Waals surface area contributed by atoms with Crippen molar-refractivity contribution in [3.8, 4) is 0 Å². The van der Waals surface area contributed by atoms with E-state index in [0.29, 0.717) is 13.0 Å². The van der Waals surface area contributed by atoms with Crippen LogP contribution < -0.4 is 5.32 Å². The molecule has 0 radical (unpaired) electrons. The molecule has 1 aliphatic heterocycles. The molecule has 17 heavy (non-hydrogen) atoms. The standard InChI is InChI=1S/C11H19FN2O3/c1-7(2)9(13-11(16)17-3)10(15)14-5-4-8(12)6-14/h7-9H,4-6H2,1-3H3,(H,13,16)/t8-,9?/m1/s1. The first kappa shape index (κ1) is 13.7. The molecule has 1 unspecified atom stereocenters. The van der Waals surface area contributed by atoms with Gasteiger partial charge in [-0.2, -0.15) is 0 Å². The molecule has 1 rings (SSSR count). The normalized spacial score (nSPS) is 21.5. The first-order chi connectivity index (χ1) is 7.95. The lowest BCUT2D eigenvalue weighted by Crippen LogP contribution is -2.50. The van der Waals surface area contributed by atoms with Crippen molar-refractivity contribution in [2.45, 2.75) is 32.5 Å². The van der Waals surface area contributed by atoms with Gasteiger partial charge in [0.15, 0.2) is 0 Å². The lowest BCUT2D eigenvalue weighted by molar-refractivity contribution is -0.133. The predicted octanol–water partition coefficient (Wildman–Crippen LogP) is 0.937.